The maximum Gasteiger partial charge on any atom is 0.160 e. The third-order valence-electron chi connectivity index (χ3n) is 4.12. The highest BCUT2D eigenvalue weighted by atomic mass is 16.5. The van der Waals surface area contributed by atoms with Gasteiger partial charge in [0.05, 0.1) is 7.11 Å². The number of benzene rings is 2. The van der Waals surface area contributed by atoms with Gasteiger partial charge in [0, 0.05) is 11.5 Å². The Bertz CT molecular complexity index is 664. The number of ether oxygens (including phenoxy) is 2. The fraction of sp³-hybridized carbons (Fsp3) is 0.333. The summed E-state index contributed by atoms with van der Waals surface area (Å²) in [6.45, 7) is 4.22. The standard InChI is InChI=1S/C18H20O3/c1-4-15-18(12-6-7-14(19)17(10-12)20-3)13-9-11(2)5-8-16(13)21-15/h5-10,15,18-19H,4H2,1-3H3/t15-,18?/m0/s1. The topological polar surface area (TPSA) is 38.7 Å². The molecule has 1 aliphatic heterocycles. The second-order valence-electron chi connectivity index (χ2n) is 5.51. The number of aromatic hydroxyl groups is 1. The molecule has 0 fully saturated rings. The summed E-state index contributed by atoms with van der Waals surface area (Å²) in [6, 6.07) is 11.9. The van der Waals surface area contributed by atoms with Crippen LogP contribution in [-0.4, -0.2) is 18.3 Å². The van der Waals surface area contributed by atoms with Crippen LogP contribution >= 0.6 is 0 Å². The second-order valence-corrected chi connectivity index (χ2v) is 5.51. The fourth-order valence-electron chi connectivity index (χ4n) is 3.05. The van der Waals surface area contributed by atoms with Crippen LogP contribution in [0.15, 0.2) is 36.4 Å². The zero-order chi connectivity index (χ0) is 15.0. The van der Waals surface area contributed by atoms with Crippen molar-refractivity contribution < 1.29 is 14.6 Å². The van der Waals surface area contributed by atoms with E-state index < -0.39 is 0 Å². The van der Waals surface area contributed by atoms with Gasteiger partial charge in [0.15, 0.2) is 11.5 Å². The number of fused-ring (bicyclic) bond motifs is 1. The van der Waals surface area contributed by atoms with Crippen molar-refractivity contribution in [3.05, 3.63) is 53.1 Å². The number of aryl methyl sites for hydroxylation is 1. The quantitative estimate of drug-likeness (QED) is 0.925. The molecule has 0 amide bonds. The van der Waals surface area contributed by atoms with Crippen molar-refractivity contribution in [1.29, 1.82) is 0 Å². The highest BCUT2D eigenvalue weighted by Crippen LogP contribution is 2.45. The lowest BCUT2D eigenvalue weighted by molar-refractivity contribution is 0.212. The SMILES string of the molecule is CC[C@@H]1Oc2ccc(C)cc2C1c1ccc(O)c(OC)c1. The number of phenolic OH excluding ortho intramolecular Hbond substituents is 1. The van der Waals surface area contributed by atoms with Gasteiger partial charge in [-0.15, -0.1) is 0 Å². The van der Waals surface area contributed by atoms with E-state index >= 15 is 0 Å². The van der Waals surface area contributed by atoms with Gasteiger partial charge in [0.2, 0.25) is 0 Å². The normalized spacial score (nSPS) is 20.0. The van der Waals surface area contributed by atoms with Gasteiger partial charge in [-0.2, -0.15) is 0 Å². The maximum atomic E-state index is 9.78. The van der Waals surface area contributed by atoms with Crippen molar-refractivity contribution in [3.8, 4) is 17.2 Å². The predicted octanol–water partition coefficient (Wildman–Crippen LogP) is 4.01. The summed E-state index contributed by atoms with van der Waals surface area (Å²) in [5.74, 6) is 1.81. The molecule has 2 aromatic rings. The van der Waals surface area contributed by atoms with Crippen molar-refractivity contribution in [1.82, 2.24) is 0 Å². The number of phenols is 1. The highest BCUT2D eigenvalue weighted by molar-refractivity contribution is 5.52. The summed E-state index contributed by atoms with van der Waals surface area (Å²) in [5, 5.41) is 9.78. The predicted molar refractivity (Wildman–Crippen MR) is 82.4 cm³/mol. The molecule has 0 bridgehead atoms. The van der Waals surface area contributed by atoms with Crippen LogP contribution in [0.2, 0.25) is 0 Å². The first kappa shape index (κ1) is 13.8. The van der Waals surface area contributed by atoms with Gasteiger partial charge in [0.1, 0.15) is 11.9 Å². The number of methoxy groups -OCH3 is 1. The fourth-order valence-corrected chi connectivity index (χ4v) is 3.05. The van der Waals surface area contributed by atoms with E-state index in [4.69, 9.17) is 9.47 Å². The van der Waals surface area contributed by atoms with Gasteiger partial charge < -0.3 is 14.6 Å². The van der Waals surface area contributed by atoms with Gasteiger partial charge in [0.25, 0.3) is 0 Å². The Labute approximate surface area is 125 Å². The lowest BCUT2D eigenvalue weighted by Gasteiger charge is -2.19. The minimum absolute atomic E-state index is 0.121. The van der Waals surface area contributed by atoms with Crippen LogP contribution in [0.25, 0.3) is 0 Å². The van der Waals surface area contributed by atoms with Crippen molar-refractivity contribution in [2.75, 3.05) is 7.11 Å². The molecule has 3 nitrogen and oxygen atoms in total. The molecule has 0 aromatic heterocycles. The maximum absolute atomic E-state index is 9.78. The summed E-state index contributed by atoms with van der Waals surface area (Å²) in [7, 11) is 1.57. The van der Waals surface area contributed by atoms with Crippen LogP contribution in [-0.2, 0) is 0 Å². The molecule has 2 aromatic carbocycles. The first-order chi connectivity index (χ1) is 10.1. The summed E-state index contributed by atoms with van der Waals surface area (Å²) >= 11 is 0. The van der Waals surface area contributed by atoms with Crippen LogP contribution in [0, 0.1) is 6.92 Å². The molecular formula is C18H20O3. The number of hydrogen-bond donors (Lipinski definition) is 1. The van der Waals surface area contributed by atoms with Crippen LogP contribution in [0.3, 0.4) is 0 Å². The Kier molecular flexibility index (Phi) is 3.50. The Morgan fingerprint density at radius 3 is 2.71 bits per heavy atom. The van der Waals surface area contributed by atoms with E-state index in [1.807, 2.05) is 18.2 Å². The third kappa shape index (κ3) is 2.33. The second kappa shape index (κ2) is 5.32. The molecular weight excluding hydrogens is 264 g/mol. The summed E-state index contributed by atoms with van der Waals surface area (Å²) in [5.41, 5.74) is 3.56. The van der Waals surface area contributed by atoms with E-state index in [-0.39, 0.29) is 17.8 Å². The van der Waals surface area contributed by atoms with Crippen molar-refractivity contribution in [2.24, 2.45) is 0 Å². The summed E-state index contributed by atoms with van der Waals surface area (Å²) in [4.78, 5) is 0. The van der Waals surface area contributed by atoms with E-state index in [1.54, 1.807) is 13.2 Å². The number of rotatable bonds is 3. The van der Waals surface area contributed by atoms with Crippen LogP contribution in [0.1, 0.15) is 36.0 Å². The largest absolute Gasteiger partial charge is 0.504 e. The molecule has 0 saturated heterocycles. The summed E-state index contributed by atoms with van der Waals surface area (Å²) in [6.07, 6.45) is 1.05. The van der Waals surface area contributed by atoms with Gasteiger partial charge in [-0.05, 0) is 37.1 Å². The molecule has 1 N–H and O–H groups in total. The van der Waals surface area contributed by atoms with Gasteiger partial charge >= 0.3 is 0 Å². The van der Waals surface area contributed by atoms with Gasteiger partial charge in [-0.3, -0.25) is 0 Å². The molecule has 0 radical (unpaired) electrons. The summed E-state index contributed by atoms with van der Waals surface area (Å²) < 4.78 is 11.3. The molecule has 3 heteroatoms. The van der Waals surface area contributed by atoms with E-state index in [1.165, 1.54) is 11.1 Å². The van der Waals surface area contributed by atoms with E-state index in [2.05, 4.69) is 26.0 Å². The zero-order valence-corrected chi connectivity index (χ0v) is 12.6. The Hall–Kier alpha value is -2.16. The van der Waals surface area contributed by atoms with Crippen molar-refractivity contribution in [2.45, 2.75) is 32.3 Å². The highest BCUT2D eigenvalue weighted by Gasteiger charge is 2.34. The number of hydrogen-bond acceptors (Lipinski definition) is 3. The molecule has 1 aliphatic rings. The molecule has 110 valence electrons. The van der Waals surface area contributed by atoms with E-state index in [0.29, 0.717) is 5.75 Å². The lowest BCUT2D eigenvalue weighted by Crippen LogP contribution is -2.18. The van der Waals surface area contributed by atoms with Crippen molar-refractivity contribution >= 4 is 0 Å². The molecule has 0 saturated carbocycles. The molecule has 3 rings (SSSR count). The Morgan fingerprint density at radius 1 is 1.19 bits per heavy atom. The monoisotopic (exact) mass is 284 g/mol. The first-order valence-electron chi connectivity index (χ1n) is 7.28. The van der Waals surface area contributed by atoms with Gasteiger partial charge in [-0.1, -0.05) is 30.7 Å². The zero-order valence-electron chi connectivity index (χ0n) is 12.6. The lowest BCUT2D eigenvalue weighted by atomic mass is 9.86. The first-order valence-corrected chi connectivity index (χ1v) is 7.28. The minimum atomic E-state index is 0.121. The van der Waals surface area contributed by atoms with Crippen LogP contribution in [0.5, 0.6) is 17.2 Å². The average Bonchev–Trinajstić information content (AvgIpc) is 2.85. The average molecular weight is 284 g/mol. The third-order valence-corrected chi connectivity index (χ3v) is 4.12. The van der Waals surface area contributed by atoms with Crippen molar-refractivity contribution in [3.63, 3.8) is 0 Å². The molecule has 1 heterocycles. The Balaban J connectivity index is 2.10. The smallest absolute Gasteiger partial charge is 0.160 e. The van der Waals surface area contributed by atoms with E-state index in [0.717, 1.165) is 17.7 Å². The van der Waals surface area contributed by atoms with Crippen LogP contribution < -0.4 is 9.47 Å². The molecule has 21 heavy (non-hydrogen) atoms. The Morgan fingerprint density at radius 2 is 2.00 bits per heavy atom. The van der Waals surface area contributed by atoms with E-state index in [9.17, 15) is 5.11 Å². The minimum Gasteiger partial charge on any atom is -0.504 e. The van der Waals surface area contributed by atoms with Gasteiger partial charge in [-0.25, -0.2) is 0 Å². The van der Waals surface area contributed by atoms with Crippen LogP contribution in [0.4, 0.5) is 0 Å². The molecule has 0 aliphatic carbocycles. The molecule has 0 spiro atoms. The molecule has 2 atom stereocenters. The molecule has 1 unspecified atom stereocenters.